The molecule has 1 heterocycles. The van der Waals surface area contributed by atoms with Crippen LogP contribution in [0.25, 0.3) is 10.9 Å². The van der Waals surface area contributed by atoms with Gasteiger partial charge in [0.15, 0.2) is 5.69 Å². The molecule has 3 N–H and O–H groups in total. The molecule has 0 bridgehead atoms. The molecule has 0 saturated carbocycles. The number of fused-ring (bicyclic) bond motifs is 1. The van der Waals surface area contributed by atoms with Gasteiger partial charge in [-0.2, -0.15) is 5.10 Å². The van der Waals surface area contributed by atoms with Crippen molar-refractivity contribution in [3.05, 3.63) is 27.5 Å². The predicted molar refractivity (Wildman–Crippen MR) is 79.7 cm³/mol. The van der Waals surface area contributed by atoms with Gasteiger partial charge in [-0.25, -0.2) is 0 Å². The lowest BCUT2D eigenvalue weighted by Gasteiger charge is -2.10. The number of aromatic amines is 1. The maximum absolute atomic E-state index is 12.0. The molecule has 0 aliphatic carbocycles. The van der Waals surface area contributed by atoms with E-state index in [1.165, 1.54) is 0 Å². The van der Waals surface area contributed by atoms with Crippen molar-refractivity contribution in [2.45, 2.75) is 13.0 Å². The summed E-state index contributed by atoms with van der Waals surface area (Å²) in [6.45, 7) is 2.58. The summed E-state index contributed by atoms with van der Waals surface area (Å²) >= 11 is 2.22. The van der Waals surface area contributed by atoms with E-state index in [2.05, 4.69) is 43.4 Å². The maximum Gasteiger partial charge on any atom is 0.272 e. The number of hydrogen-bond donors (Lipinski definition) is 3. The first-order chi connectivity index (χ1) is 8.61. The zero-order valence-electron chi connectivity index (χ0n) is 10.2. The second kappa shape index (κ2) is 5.66. The van der Waals surface area contributed by atoms with Crippen molar-refractivity contribution in [3.63, 3.8) is 0 Å². The molecule has 1 aromatic heterocycles. The summed E-state index contributed by atoms with van der Waals surface area (Å²) in [5, 5.41) is 13.7. The second-order valence-electron chi connectivity index (χ2n) is 4.16. The van der Waals surface area contributed by atoms with Gasteiger partial charge in [0, 0.05) is 21.5 Å². The fourth-order valence-electron chi connectivity index (χ4n) is 1.59. The fraction of sp³-hybridized carbons (Fsp3) is 0.333. The molecule has 0 aliphatic rings. The second-order valence-corrected chi connectivity index (χ2v) is 5.41. The number of rotatable bonds is 4. The van der Waals surface area contributed by atoms with Crippen LogP contribution in [0.5, 0.6) is 0 Å². The van der Waals surface area contributed by atoms with Crippen molar-refractivity contribution < 1.29 is 4.79 Å². The van der Waals surface area contributed by atoms with E-state index in [0.29, 0.717) is 12.2 Å². The van der Waals surface area contributed by atoms with Crippen LogP contribution in [0.4, 0.5) is 0 Å². The molecule has 6 heteroatoms. The van der Waals surface area contributed by atoms with E-state index in [0.717, 1.165) is 14.5 Å². The number of nitrogens with one attached hydrogen (secondary N) is 3. The average Bonchev–Trinajstić information content (AvgIpc) is 2.78. The highest BCUT2D eigenvalue weighted by atomic mass is 127. The van der Waals surface area contributed by atoms with Crippen LogP contribution in [0.3, 0.4) is 0 Å². The Morgan fingerprint density at radius 3 is 3.06 bits per heavy atom. The van der Waals surface area contributed by atoms with Gasteiger partial charge in [0.1, 0.15) is 0 Å². The lowest BCUT2D eigenvalue weighted by Crippen LogP contribution is -2.37. The van der Waals surface area contributed by atoms with Crippen molar-refractivity contribution in [2.24, 2.45) is 0 Å². The molecule has 0 aliphatic heterocycles. The van der Waals surface area contributed by atoms with Crippen LogP contribution in [0.15, 0.2) is 18.2 Å². The molecule has 0 radical (unpaired) electrons. The standard InChI is InChI=1S/C12H15IN4O/c1-7(14-2)6-15-12(18)11-9-5-8(13)3-4-10(9)16-17-11/h3-5,7,14H,6H2,1-2H3,(H,15,18)(H,16,17). The quantitative estimate of drug-likeness (QED) is 0.726. The monoisotopic (exact) mass is 358 g/mol. The first-order valence-electron chi connectivity index (χ1n) is 5.71. The third-order valence-corrected chi connectivity index (χ3v) is 3.47. The van der Waals surface area contributed by atoms with Gasteiger partial charge in [0.25, 0.3) is 5.91 Å². The van der Waals surface area contributed by atoms with E-state index >= 15 is 0 Å². The Bertz CT molecular complexity index is 566. The minimum atomic E-state index is -0.148. The fourth-order valence-corrected chi connectivity index (χ4v) is 2.08. The minimum absolute atomic E-state index is 0.148. The molecule has 0 saturated heterocycles. The van der Waals surface area contributed by atoms with Gasteiger partial charge in [-0.15, -0.1) is 0 Å². The van der Waals surface area contributed by atoms with Gasteiger partial charge in [-0.1, -0.05) is 0 Å². The number of amides is 1. The summed E-state index contributed by atoms with van der Waals surface area (Å²) in [7, 11) is 1.86. The van der Waals surface area contributed by atoms with Gasteiger partial charge in [-0.05, 0) is 54.8 Å². The minimum Gasteiger partial charge on any atom is -0.349 e. The van der Waals surface area contributed by atoms with Crippen LogP contribution < -0.4 is 10.6 Å². The van der Waals surface area contributed by atoms with E-state index < -0.39 is 0 Å². The lowest BCUT2D eigenvalue weighted by atomic mass is 10.2. The van der Waals surface area contributed by atoms with Crippen molar-refractivity contribution in [2.75, 3.05) is 13.6 Å². The first kappa shape index (κ1) is 13.3. The Kier molecular flexibility index (Phi) is 4.18. The van der Waals surface area contributed by atoms with Gasteiger partial charge in [-0.3, -0.25) is 9.89 Å². The molecule has 5 nitrogen and oxygen atoms in total. The number of aromatic nitrogens is 2. The van der Waals surface area contributed by atoms with Crippen LogP contribution in [-0.4, -0.2) is 35.7 Å². The Hall–Kier alpha value is -1.15. The molecule has 0 fully saturated rings. The van der Waals surface area contributed by atoms with E-state index in [9.17, 15) is 4.79 Å². The number of nitrogens with zero attached hydrogens (tertiary/aromatic N) is 1. The summed E-state index contributed by atoms with van der Waals surface area (Å²) in [6.07, 6.45) is 0. The average molecular weight is 358 g/mol. The van der Waals surface area contributed by atoms with Crippen molar-refractivity contribution in [1.29, 1.82) is 0 Å². The summed E-state index contributed by atoms with van der Waals surface area (Å²) < 4.78 is 1.08. The Morgan fingerprint density at radius 1 is 1.56 bits per heavy atom. The van der Waals surface area contributed by atoms with E-state index in [1.54, 1.807) is 0 Å². The maximum atomic E-state index is 12.0. The van der Waals surface area contributed by atoms with Crippen LogP contribution in [-0.2, 0) is 0 Å². The molecule has 0 spiro atoms. The molecule has 96 valence electrons. The molecule has 2 rings (SSSR count). The third-order valence-electron chi connectivity index (χ3n) is 2.80. The molecule has 1 unspecified atom stereocenters. The Morgan fingerprint density at radius 2 is 2.33 bits per heavy atom. The topological polar surface area (TPSA) is 69.8 Å². The van der Waals surface area contributed by atoms with Gasteiger partial charge in [0.2, 0.25) is 0 Å². The number of halogens is 1. The highest BCUT2D eigenvalue weighted by molar-refractivity contribution is 14.1. The van der Waals surface area contributed by atoms with Gasteiger partial charge >= 0.3 is 0 Å². The van der Waals surface area contributed by atoms with E-state index in [4.69, 9.17) is 0 Å². The molecule has 2 aromatic rings. The SMILES string of the molecule is CNC(C)CNC(=O)c1n[nH]c2ccc(I)cc12. The van der Waals surface area contributed by atoms with Crippen LogP contribution in [0.1, 0.15) is 17.4 Å². The summed E-state index contributed by atoms with van der Waals surface area (Å²) in [5.41, 5.74) is 1.33. The number of likely N-dealkylation sites (N-methyl/N-ethyl adjacent to an activating group) is 1. The lowest BCUT2D eigenvalue weighted by molar-refractivity contribution is 0.0947. The number of H-pyrrole nitrogens is 1. The summed E-state index contributed by atoms with van der Waals surface area (Å²) in [6, 6.07) is 6.10. The van der Waals surface area contributed by atoms with Crippen molar-refractivity contribution in [3.8, 4) is 0 Å². The number of carbonyl (C=O) groups is 1. The first-order valence-corrected chi connectivity index (χ1v) is 6.78. The zero-order chi connectivity index (χ0) is 13.1. The van der Waals surface area contributed by atoms with Gasteiger partial charge < -0.3 is 10.6 Å². The Balaban J connectivity index is 2.20. The highest BCUT2D eigenvalue weighted by Crippen LogP contribution is 2.18. The molecule has 1 amide bonds. The van der Waals surface area contributed by atoms with Crippen LogP contribution >= 0.6 is 22.6 Å². The molecule has 1 aromatic carbocycles. The van der Waals surface area contributed by atoms with Crippen LogP contribution in [0, 0.1) is 3.57 Å². The molecule has 1 atom stereocenters. The Labute approximate surface area is 119 Å². The smallest absolute Gasteiger partial charge is 0.272 e. The normalized spacial score (nSPS) is 12.6. The van der Waals surface area contributed by atoms with E-state index in [1.807, 2.05) is 32.2 Å². The number of carbonyl (C=O) groups excluding carboxylic acids is 1. The van der Waals surface area contributed by atoms with Gasteiger partial charge in [0.05, 0.1) is 5.52 Å². The van der Waals surface area contributed by atoms with Crippen molar-refractivity contribution >= 4 is 39.4 Å². The highest BCUT2D eigenvalue weighted by Gasteiger charge is 2.14. The summed E-state index contributed by atoms with van der Waals surface area (Å²) in [4.78, 5) is 12.0. The van der Waals surface area contributed by atoms with Crippen molar-refractivity contribution in [1.82, 2.24) is 20.8 Å². The van der Waals surface area contributed by atoms with Crippen LogP contribution in [0.2, 0.25) is 0 Å². The summed E-state index contributed by atoms with van der Waals surface area (Å²) in [5.74, 6) is -0.148. The number of benzene rings is 1. The molecule has 18 heavy (non-hydrogen) atoms. The zero-order valence-corrected chi connectivity index (χ0v) is 12.4. The molecular formula is C12H15IN4O. The molecular weight excluding hydrogens is 343 g/mol. The third kappa shape index (κ3) is 2.81. The van der Waals surface area contributed by atoms with E-state index in [-0.39, 0.29) is 11.9 Å². The number of hydrogen-bond acceptors (Lipinski definition) is 3. The predicted octanol–water partition coefficient (Wildman–Crippen LogP) is 1.51. The largest absolute Gasteiger partial charge is 0.349 e.